The molecule has 0 spiro atoms. The van der Waals surface area contributed by atoms with E-state index in [2.05, 4.69) is 25.9 Å². The minimum atomic E-state index is -0.128. The zero-order valence-corrected chi connectivity index (χ0v) is 15.0. The molecule has 0 N–H and O–H groups in total. The van der Waals surface area contributed by atoms with Crippen molar-refractivity contribution < 1.29 is 4.74 Å². The minimum Gasteiger partial charge on any atom is -0.489 e. The van der Waals surface area contributed by atoms with Gasteiger partial charge < -0.3 is 9.64 Å². The van der Waals surface area contributed by atoms with Crippen LogP contribution < -0.4 is 15.2 Å². The summed E-state index contributed by atoms with van der Waals surface area (Å²) in [6, 6.07) is 7.52. The number of nitrogens with zero attached hydrogens (tertiary/aromatic N) is 3. The highest BCUT2D eigenvalue weighted by Gasteiger charge is 2.23. The Hall–Kier alpha value is -1.53. The Labute approximate surface area is 147 Å². The molecular weight excluding hydrogens is 382 g/mol. The number of para-hydroxylation sites is 1. The molecule has 0 unspecified atom stereocenters. The Bertz CT molecular complexity index is 757. The lowest BCUT2D eigenvalue weighted by molar-refractivity contribution is 0.171. The zero-order chi connectivity index (χ0) is 16.4. The summed E-state index contributed by atoms with van der Waals surface area (Å²) < 4.78 is 7.87. The van der Waals surface area contributed by atoms with Crippen LogP contribution in [0, 0.1) is 0 Å². The number of ether oxygens (including phenoxy) is 1. The fraction of sp³-hybridized carbons (Fsp3) is 0.375. The monoisotopic (exact) mass is 397 g/mol. The number of aryl methyl sites for hydroxylation is 1. The Kier molecular flexibility index (Phi) is 4.92. The summed E-state index contributed by atoms with van der Waals surface area (Å²) in [6.45, 7) is 1.62. The SMILES string of the molecule is Cn1ncc(N2CCC(Oc3ccccc3Cl)CC2)c(Br)c1=O. The van der Waals surface area contributed by atoms with Crippen LogP contribution >= 0.6 is 27.5 Å². The fourth-order valence-electron chi connectivity index (χ4n) is 2.66. The van der Waals surface area contributed by atoms with Crippen molar-refractivity contribution >= 4 is 33.2 Å². The lowest BCUT2D eigenvalue weighted by Crippen LogP contribution is -2.39. The number of aromatic nitrogens is 2. The van der Waals surface area contributed by atoms with Crippen molar-refractivity contribution in [1.29, 1.82) is 0 Å². The van der Waals surface area contributed by atoms with Gasteiger partial charge in [-0.3, -0.25) is 4.79 Å². The van der Waals surface area contributed by atoms with Gasteiger partial charge in [0, 0.05) is 33.0 Å². The number of hydrogen-bond acceptors (Lipinski definition) is 4. The van der Waals surface area contributed by atoms with Crippen molar-refractivity contribution in [2.75, 3.05) is 18.0 Å². The van der Waals surface area contributed by atoms with Gasteiger partial charge in [0.1, 0.15) is 16.3 Å². The Morgan fingerprint density at radius 2 is 2.00 bits per heavy atom. The molecular formula is C16H17BrClN3O2. The van der Waals surface area contributed by atoms with Crippen LogP contribution in [0.2, 0.25) is 5.02 Å². The molecule has 0 bridgehead atoms. The highest BCUT2D eigenvalue weighted by atomic mass is 79.9. The molecule has 0 atom stereocenters. The van der Waals surface area contributed by atoms with E-state index in [0.29, 0.717) is 9.50 Å². The normalized spacial score (nSPS) is 15.7. The number of halogens is 2. The maximum absolute atomic E-state index is 12.0. The van der Waals surface area contributed by atoms with Crippen molar-refractivity contribution in [3.63, 3.8) is 0 Å². The molecule has 0 amide bonds. The largest absolute Gasteiger partial charge is 0.489 e. The molecule has 0 radical (unpaired) electrons. The molecule has 1 aromatic heterocycles. The molecule has 1 fully saturated rings. The second-order valence-electron chi connectivity index (χ2n) is 5.51. The molecule has 0 aliphatic carbocycles. The van der Waals surface area contributed by atoms with Crippen LogP contribution in [0.5, 0.6) is 5.75 Å². The van der Waals surface area contributed by atoms with Crippen LogP contribution in [0.3, 0.4) is 0 Å². The Morgan fingerprint density at radius 1 is 1.30 bits per heavy atom. The standard InChI is InChI=1S/C16H17BrClN3O2/c1-20-16(22)15(17)13(10-19-20)21-8-6-11(7-9-21)23-14-5-3-2-4-12(14)18/h2-5,10-11H,6-9H2,1H3. The number of benzene rings is 1. The lowest BCUT2D eigenvalue weighted by Gasteiger charge is -2.34. The second kappa shape index (κ2) is 6.93. The summed E-state index contributed by atoms with van der Waals surface area (Å²) in [7, 11) is 1.64. The van der Waals surface area contributed by atoms with Crippen LogP contribution in [-0.2, 0) is 7.05 Å². The quantitative estimate of drug-likeness (QED) is 0.796. The Morgan fingerprint density at radius 3 is 2.70 bits per heavy atom. The summed E-state index contributed by atoms with van der Waals surface area (Å²) in [5, 5.41) is 4.73. The lowest BCUT2D eigenvalue weighted by atomic mass is 10.1. The first kappa shape index (κ1) is 16.3. The molecule has 5 nitrogen and oxygen atoms in total. The van der Waals surface area contributed by atoms with Crippen LogP contribution in [0.4, 0.5) is 5.69 Å². The van der Waals surface area contributed by atoms with Crippen LogP contribution in [0.1, 0.15) is 12.8 Å². The van der Waals surface area contributed by atoms with Gasteiger partial charge >= 0.3 is 0 Å². The third-order valence-corrected chi connectivity index (χ3v) is 5.03. The van der Waals surface area contributed by atoms with Crippen molar-refractivity contribution in [3.05, 3.63) is 50.3 Å². The van der Waals surface area contributed by atoms with E-state index >= 15 is 0 Å². The third kappa shape index (κ3) is 3.53. The van der Waals surface area contributed by atoms with Crippen molar-refractivity contribution in [2.24, 2.45) is 7.05 Å². The number of piperidine rings is 1. The summed E-state index contributed by atoms with van der Waals surface area (Å²) in [5.74, 6) is 0.726. The average Bonchev–Trinajstić information content (AvgIpc) is 2.56. The topological polar surface area (TPSA) is 47.4 Å². The number of rotatable bonds is 3. The summed E-state index contributed by atoms with van der Waals surface area (Å²) >= 11 is 9.52. The Balaban J connectivity index is 1.66. The molecule has 23 heavy (non-hydrogen) atoms. The van der Waals surface area contributed by atoms with Crippen molar-refractivity contribution in [1.82, 2.24) is 9.78 Å². The van der Waals surface area contributed by atoms with E-state index in [-0.39, 0.29) is 11.7 Å². The number of hydrogen-bond donors (Lipinski definition) is 0. The fourth-order valence-corrected chi connectivity index (χ4v) is 3.45. The molecule has 2 heterocycles. The van der Waals surface area contributed by atoms with Gasteiger partial charge in [-0.15, -0.1) is 0 Å². The molecule has 1 aliphatic heterocycles. The molecule has 2 aromatic rings. The van der Waals surface area contributed by atoms with Crippen LogP contribution in [-0.4, -0.2) is 29.0 Å². The summed E-state index contributed by atoms with van der Waals surface area (Å²) in [5.41, 5.74) is 0.709. The third-order valence-electron chi connectivity index (χ3n) is 3.97. The van der Waals surface area contributed by atoms with Crippen molar-refractivity contribution in [2.45, 2.75) is 18.9 Å². The van der Waals surface area contributed by atoms with E-state index in [1.54, 1.807) is 13.2 Å². The van der Waals surface area contributed by atoms with Crippen LogP contribution in [0.25, 0.3) is 0 Å². The predicted octanol–water partition coefficient (Wildman–Crippen LogP) is 3.24. The smallest absolute Gasteiger partial charge is 0.282 e. The van der Waals surface area contributed by atoms with E-state index in [4.69, 9.17) is 16.3 Å². The van der Waals surface area contributed by atoms with Gasteiger partial charge in [-0.05, 0) is 28.1 Å². The van der Waals surface area contributed by atoms with Crippen molar-refractivity contribution in [3.8, 4) is 5.75 Å². The highest BCUT2D eigenvalue weighted by Crippen LogP contribution is 2.29. The van der Waals surface area contributed by atoms with Gasteiger partial charge in [-0.1, -0.05) is 23.7 Å². The highest BCUT2D eigenvalue weighted by molar-refractivity contribution is 9.10. The van der Waals surface area contributed by atoms with Gasteiger partial charge in [0.25, 0.3) is 5.56 Å². The second-order valence-corrected chi connectivity index (χ2v) is 6.71. The maximum atomic E-state index is 12.0. The summed E-state index contributed by atoms with van der Waals surface area (Å²) in [6.07, 6.45) is 3.59. The maximum Gasteiger partial charge on any atom is 0.282 e. The molecule has 7 heteroatoms. The molecule has 1 saturated heterocycles. The van der Waals surface area contributed by atoms with Gasteiger partial charge in [0.2, 0.25) is 0 Å². The van der Waals surface area contributed by atoms with Gasteiger partial charge in [-0.25, -0.2) is 4.68 Å². The molecule has 0 saturated carbocycles. The predicted molar refractivity (Wildman–Crippen MR) is 94.5 cm³/mol. The van der Waals surface area contributed by atoms with E-state index < -0.39 is 0 Å². The first-order valence-corrected chi connectivity index (χ1v) is 8.61. The zero-order valence-electron chi connectivity index (χ0n) is 12.7. The number of anilines is 1. The molecule has 1 aromatic carbocycles. The first-order valence-electron chi connectivity index (χ1n) is 7.44. The molecule has 3 rings (SSSR count). The van der Waals surface area contributed by atoms with Gasteiger partial charge in [0.05, 0.1) is 16.9 Å². The molecule has 1 aliphatic rings. The van der Waals surface area contributed by atoms with Gasteiger partial charge in [-0.2, -0.15) is 5.10 Å². The van der Waals surface area contributed by atoms with Gasteiger partial charge in [0.15, 0.2) is 0 Å². The van der Waals surface area contributed by atoms with E-state index in [0.717, 1.165) is 37.4 Å². The summed E-state index contributed by atoms with van der Waals surface area (Å²) in [4.78, 5) is 14.1. The minimum absolute atomic E-state index is 0.128. The van der Waals surface area contributed by atoms with E-state index in [1.165, 1.54) is 4.68 Å². The molecule has 122 valence electrons. The van der Waals surface area contributed by atoms with Crippen LogP contribution in [0.15, 0.2) is 39.7 Å². The van der Waals surface area contributed by atoms with E-state index in [1.807, 2.05) is 24.3 Å². The average molecular weight is 399 g/mol. The first-order chi connectivity index (χ1) is 11.1. The van der Waals surface area contributed by atoms with E-state index in [9.17, 15) is 4.79 Å².